The molecule has 0 spiro atoms. The van der Waals surface area contributed by atoms with E-state index in [0.29, 0.717) is 25.8 Å². The van der Waals surface area contributed by atoms with E-state index in [1.54, 1.807) is 0 Å². The lowest BCUT2D eigenvalue weighted by molar-refractivity contribution is -0.216. The quantitative estimate of drug-likeness (QED) is 0.749. The van der Waals surface area contributed by atoms with E-state index in [2.05, 4.69) is 5.32 Å². The molecule has 0 saturated heterocycles. The number of methoxy groups -OCH3 is 1. The van der Waals surface area contributed by atoms with Gasteiger partial charge in [0.15, 0.2) is 0 Å². The zero-order chi connectivity index (χ0) is 11.5. The molecule has 1 rings (SSSR count). The van der Waals surface area contributed by atoms with Gasteiger partial charge < -0.3 is 10.1 Å². The second kappa shape index (κ2) is 4.70. The minimum absolute atomic E-state index is 0.291. The van der Waals surface area contributed by atoms with Gasteiger partial charge in [-0.05, 0) is 31.7 Å². The van der Waals surface area contributed by atoms with E-state index in [1.165, 1.54) is 7.11 Å². The molecule has 2 nitrogen and oxygen atoms in total. The second-order valence-corrected chi connectivity index (χ2v) is 4.10. The Bertz CT molecular complexity index is 203. The maximum Gasteiger partial charge on any atom is 0.409 e. The molecule has 0 aromatic rings. The van der Waals surface area contributed by atoms with Gasteiger partial charge in [0.05, 0.1) is 6.61 Å². The zero-order valence-corrected chi connectivity index (χ0v) is 9.16. The number of alkyl halides is 3. The van der Waals surface area contributed by atoms with Crippen molar-refractivity contribution in [1.82, 2.24) is 5.32 Å². The van der Waals surface area contributed by atoms with Crippen molar-refractivity contribution in [2.24, 2.45) is 5.92 Å². The monoisotopic (exact) mass is 225 g/mol. The van der Waals surface area contributed by atoms with E-state index in [9.17, 15) is 13.2 Å². The zero-order valence-electron chi connectivity index (χ0n) is 9.16. The molecular weight excluding hydrogens is 207 g/mol. The van der Waals surface area contributed by atoms with Crippen molar-refractivity contribution < 1.29 is 17.9 Å². The lowest BCUT2D eigenvalue weighted by Crippen LogP contribution is -2.61. The van der Waals surface area contributed by atoms with E-state index in [4.69, 9.17) is 4.74 Å². The van der Waals surface area contributed by atoms with Crippen LogP contribution in [0.4, 0.5) is 13.2 Å². The number of nitrogens with one attached hydrogen (secondary N) is 1. The molecule has 5 heteroatoms. The summed E-state index contributed by atoms with van der Waals surface area (Å²) in [5.41, 5.74) is -1.82. The lowest BCUT2D eigenvalue weighted by atomic mass is 9.93. The van der Waals surface area contributed by atoms with Crippen LogP contribution in [0, 0.1) is 5.92 Å². The standard InChI is InChI=1S/C10H18F3NO/c1-3-6-14-9(7-15-2,8-4-5-8)10(11,12)13/h8,14H,3-7H2,1-2H3. The molecule has 0 aliphatic heterocycles. The van der Waals surface area contributed by atoms with Crippen LogP contribution in [0.15, 0.2) is 0 Å². The van der Waals surface area contributed by atoms with Gasteiger partial charge >= 0.3 is 6.18 Å². The van der Waals surface area contributed by atoms with Crippen molar-refractivity contribution >= 4 is 0 Å². The van der Waals surface area contributed by atoms with Crippen molar-refractivity contribution in [3.8, 4) is 0 Å². The number of rotatable bonds is 6. The van der Waals surface area contributed by atoms with Crippen LogP contribution >= 0.6 is 0 Å². The molecule has 1 unspecified atom stereocenters. The van der Waals surface area contributed by atoms with E-state index in [-0.39, 0.29) is 12.5 Å². The number of halogens is 3. The van der Waals surface area contributed by atoms with Crippen molar-refractivity contribution in [2.45, 2.75) is 37.9 Å². The van der Waals surface area contributed by atoms with Gasteiger partial charge in [0.25, 0.3) is 0 Å². The highest BCUT2D eigenvalue weighted by atomic mass is 19.4. The molecule has 90 valence electrons. The van der Waals surface area contributed by atoms with Gasteiger partial charge in [-0.2, -0.15) is 13.2 Å². The Morgan fingerprint density at radius 3 is 2.27 bits per heavy atom. The Morgan fingerprint density at radius 2 is 1.93 bits per heavy atom. The van der Waals surface area contributed by atoms with E-state index in [0.717, 1.165) is 0 Å². The predicted octanol–water partition coefficient (Wildman–Crippen LogP) is 2.34. The molecule has 1 aliphatic carbocycles. The molecule has 15 heavy (non-hydrogen) atoms. The fourth-order valence-electron chi connectivity index (χ4n) is 1.88. The maximum absolute atomic E-state index is 13.0. The topological polar surface area (TPSA) is 21.3 Å². The Balaban J connectivity index is 2.78. The van der Waals surface area contributed by atoms with Crippen molar-refractivity contribution in [3.05, 3.63) is 0 Å². The second-order valence-electron chi connectivity index (χ2n) is 4.10. The van der Waals surface area contributed by atoms with Crippen LogP contribution in [0.25, 0.3) is 0 Å². The highest BCUT2D eigenvalue weighted by molar-refractivity contribution is 5.06. The Labute approximate surface area is 88.2 Å². The molecule has 1 aliphatic rings. The van der Waals surface area contributed by atoms with Crippen LogP contribution in [-0.2, 0) is 4.74 Å². The fourth-order valence-corrected chi connectivity index (χ4v) is 1.88. The van der Waals surface area contributed by atoms with E-state index < -0.39 is 11.7 Å². The summed E-state index contributed by atoms with van der Waals surface area (Å²) in [6.07, 6.45) is -2.27. The van der Waals surface area contributed by atoms with Crippen LogP contribution in [-0.4, -0.2) is 32.0 Å². The smallest absolute Gasteiger partial charge is 0.382 e. The van der Waals surface area contributed by atoms with E-state index in [1.807, 2.05) is 6.92 Å². The van der Waals surface area contributed by atoms with Gasteiger partial charge in [0, 0.05) is 7.11 Å². The first-order valence-electron chi connectivity index (χ1n) is 5.28. The molecule has 0 bridgehead atoms. The van der Waals surface area contributed by atoms with Gasteiger partial charge in [0.2, 0.25) is 0 Å². The Kier molecular flexibility index (Phi) is 4.00. The minimum atomic E-state index is -4.24. The van der Waals surface area contributed by atoms with Crippen molar-refractivity contribution in [2.75, 3.05) is 20.3 Å². The lowest BCUT2D eigenvalue weighted by Gasteiger charge is -2.36. The summed E-state index contributed by atoms with van der Waals surface area (Å²) in [6, 6.07) is 0. The van der Waals surface area contributed by atoms with Crippen molar-refractivity contribution in [3.63, 3.8) is 0 Å². The highest BCUT2D eigenvalue weighted by Crippen LogP contribution is 2.48. The van der Waals surface area contributed by atoms with Gasteiger partial charge in [-0.15, -0.1) is 0 Å². The molecule has 1 fully saturated rings. The summed E-state index contributed by atoms with van der Waals surface area (Å²) in [6.45, 7) is 1.94. The van der Waals surface area contributed by atoms with Crippen LogP contribution in [0.5, 0.6) is 0 Å². The molecular formula is C10H18F3NO. The summed E-state index contributed by atoms with van der Waals surface area (Å²) in [5, 5.41) is 2.64. The van der Waals surface area contributed by atoms with Crippen LogP contribution in [0.3, 0.4) is 0 Å². The number of ether oxygens (including phenoxy) is 1. The Hall–Kier alpha value is -0.290. The summed E-state index contributed by atoms with van der Waals surface area (Å²) >= 11 is 0. The predicted molar refractivity (Wildman–Crippen MR) is 51.7 cm³/mol. The molecule has 1 N–H and O–H groups in total. The van der Waals surface area contributed by atoms with E-state index >= 15 is 0 Å². The van der Waals surface area contributed by atoms with Crippen LogP contribution < -0.4 is 5.32 Å². The molecule has 1 atom stereocenters. The first-order chi connectivity index (χ1) is 6.98. The van der Waals surface area contributed by atoms with Crippen molar-refractivity contribution in [1.29, 1.82) is 0 Å². The van der Waals surface area contributed by atoms with Crippen LogP contribution in [0.2, 0.25) is 0 Å². The molecule has 1 saturated carbocycles. The third kappa shape index (κ3) is 2.64. The molecule has 0 aromatic carbocycles. The fraction of sp³-hybridized carbons (Fsp3) is 1.00. The van der Waals surface area contributed by atoms with Crippen LogP contribution in [0.1, 0.15) is 26.2 Å². The molecule has 0 aromatic heterocycles. The average molecular weight is 225 g/mol. The van der Waals surface area contributed by atoms with Gasteiger partial charge in [-0.3, -0.25) is 0 Å². The first-order valence-corrected chi connectivity index (χ1v) is 5.28. The first kappa shape index (κ1) is 12.8. The summed E-state index contributed by atoms with van der Waals surface area (Å²) in [7, 11) is 1.32. The largest absolute Gasteiger partial charge is 0.409 e. The third-order valence-corrected chi connectivity index (χ3v) is 2.84. The summed E-state index contributed by atoms with van der Waals surface area (Å²) in [5.74, 6) is -0.316. The summed E-state index contributed by atoms with van der Waals surface area (Å²) < 4.78 is 43.9. The minimum Gasteiger partial charge on any atom is -0.382 e. The van der Waals surface area contributed by atoms with Gasteiger partial charge in [-0.25, -0.2) is 0 Å². The summed E-state index contributed by atoms with van der Waals surface area (Å²) in [4.78, 5) is 0. The SMILES string of the molecule is CCCNC(COC)(C1CC1)C(F)(F)F. The average Bonchev–Trinajstić information content (AvgIpc) is 2.93. The highest BCUT2D eigenvalue weighted by Gasteiger charge is 2.62. The number of hydrogen-bond acceptors (Lipinski definition) is 2. The number of hydrogen-bond donors (Lipinski definition) is 1. The third-order valence-electron chi connectivity index (χ3n) is 2.84. The molecule has 0 heterocycles. The maximum atomic E-state index is 13.0. The van der Waals surface area contributed by atoms with Gasteiger partial charge in [-0.1, -0.05) is 6.92 Å². The van der Waals surface area contributed by atoms with Gasteiger partial charge in [0.1, 0.15) is 5.54 Å². The Morgan fingerprint density at radius 1 is 1.33 bits per heavy atom. The molecule has 0 radical (unpaired) electrons. The normalized spacial score (nSPS) is 21.4. The molecule has 0 amide bonds.